The van der Waals surface area contributed by atoms with Crippen molar-refractivity contribution in [2.45, 2.75) is 63.1 Å². The summed E-state index contributed by atoms with van der Waals surface area (Å²) in [6.45, 7) is 4.03. The fraction of sp³-hybridized carbons (Fsp3) is 0.357. The van der Waals surface area contributed by atoms with E-state index in [0.717, 1.165) is 42.3 Å². The quantitative estimate of drug-likeness (QED) is 0.378. The van der Waals surface area contributed by atoms with E-state index in [1.165, 1.54) is 5.56 Å². The van der Waals surface area contributed by atoms with E-state index in [2.05, 4.69) is 28.2 Å². The van der Waals surface area contributed by atoms with Gasteiger partial charge in [-0.25, -0.2) is 14.8 Å². The summed E-state index contributed by atoms with van der Waals surface area (Å²) >= 11 is 0. The zero-order chi connectivity index (χ0) is 24.0. The summed E-state index contributed by atoms with van der Waals surface area (Å²) in [6, 6.07) is 16.4. The van der Waals surface area contributed by atoms with Crippen molar-refractivity contribution in [2.24, 2.45) is 0 Å². The van der Waals surface area contributed by atoms with Gasteiger partial charge in [0.05, 0.1) is 17.1 Å². The van der Waals surface area contributed by atoms with Crippen LogP contribution in [0.15, 0.2) is 73.3 Å². The molecule has 0 radical (unpaired) electrons. The largest absolute Gasteiger partial charge is 0.441 e. The molecule has 1 aromatic carbocycles. The van der Waals surface area contributed by atoms with Crippen LogP contribution >= 0.6 is 0 Å². The van der Waals surface area contributed by atoms with Crippen molar-refractivity contribution in [1.29, 1.82) is 0 Å². The lowest BCUT2D eigenvalue weighted by molar-refractivity contribution is 0.0664. The highest BCUT2D eigenvalue weighted by Gasteiger charge is 2.51. The molecule has 1 saturated heterocycles. The van der Waals surface area contributed by atoms with Crippen LogP contribution in [0.3, 0.4) is 0 Å². The summed E-state index contributed by atoms with van der Waals surface area (Å²) in [5.74, 6) is 1.05. The maximum absolute atomic E-state index is 13.0. The second kappa shape index (κ2) is 8.48. The van der Waals surface area contributed by atoms with Crippen LogP contribution in [0.2, 0.25) is 0 Å². The lowest BCUT2D eigenvalue weighted by Crippen LogP contribution is -2.42. The lowest BCUT2D eigenvalue weighted by Gasteiger charge is -2.38. The van der Waals surface area contributed by atoms with Crippen LogP contribution in [0.1, 0.15) is 62.6 Å². The van der Waals surface area contributed by atoms with Crippen LogP contribution in [-0.2, 0) is 4.74 Å². The molecule has 0 N–H and O–H groups in total. The number of ether oxygens (including phenoxy) is 1. The summed E-state index contributed by atoms with van der Waals surface area (Å²) < 4.78 is 7.84. The topological polar surface area (TPSA) is 73.1 Å². The van der Waals surface area contributed by atoms with Crippen LogP contribution in [0.25, 0.3) is 17.0 Å². The third-order valence-electron chi connectivity index (χ3n) is 7.50. The highest BCUT2D eigenvalue weighted by atomic mass is 16.6. The van der Waals surface area contributed by atoms with E-state index in [9.17, 15) is 4.79 Å². The molecule has 7 nitrogen and oxygen atoms in total. The Labute approximate surface area is 204 Å². The molecule has 3 aromatic heterocycles. The first-order valence-electron chi connectivity index (χ1n) is 12.3. The van der Waals surface area contributed by atoms with Crippen LogP contribution in [0.5, 0.6) is 0 Å². The van der Waals surface area contributed by atoms with Gasteiger partial charge in [0.2, 0.25) is 5.95 Å². The molecule has 4 aromatic rings. The number of aromatic nitrogens is 4. The van der Waals surface area contributed by atoms with Gasteiger partial charge in [0, 0.05) is 30.8 Å². The zero-order valence-electron chi connectivity index (χ0n) is 20.0. The number of hydrogen-bond acceptors (Lipinski definition) is 5. The van der Waals surface area contributed by atoms with E-state index >= 15 is 0 Å². The van der Waals surface area contributed by atoms with Gasteiger partial charge in [-0.3, -0.25) is 14.5 Å². The Bertz CT molecular complexity index is 1340. The van der Waals surface area contributed by atoms with Crippen molar-refractivity contribution in [3.8, 4) is 5.95 Å². The van der Waals surface area contributed by atoms with Gasteiger partial charge in [0.25, 0.3) is 0 Å². The van der Waals surface area contributed by atoms with E-state index in [0.29, 0.717) is 11.9 Å². The van der Waals surface area contributed by atoms with Crippen molar-refractivity contribution >= 4 is 17.1 Å². The third-order valence-corrected chi connectivity index (χ3v) is 7.50. The molecule has 0 bridgehead atoms. The number of rotatable bonds is 4. The summed E-state index contributed by atoms with van der Waals surface area (Å²) in [7, 11) is 0. The summed E-state index contributed by atoms with van der Waals surface area (Å²) in [5.41, 5.74) is 3.75. The molecular formula is C28H29N5O2. The molecule has 2 fully saturated rings. The van der Waals surface area contributed by atoms with Gasteiger partial charge in [-0.2, -0.15) is 0 Å². The fourth-order valence-corrected chi connectivity index (χ4v) is 5.86. The number of carbonyl (C=O) groups is 1. The van der Waals surface area contributed by atoms with Crippen molar-refractivity contribution in [3.63, 3.8) is 0 Å². The van der Waals surface area contributed by atoms with Crippen LogP contribution in [0.4, 0.5) is 4.79 Å². The average Bonchev–Trinajstić information content (AvgIpc) is 3.41. The first kappa shape index (κ1) is 21.8. The van der Waals surface area contributed by atoms with Gasteiger partial charge in [0.1, 0.15) is 5.60 Å². The SMILES string of the molecule is CC1(C)OC(=O)N([C@H]2CC[C@H](c3cnc4ccn(-c5ncccn5)c4c3)CC2)[C@H]1c1ccccc1. The first-order chi connectivity index (χ1) is 17.0. The highest BCUT2D eigenvalue weighted by Crippen LogP contribution is 2.46. The molecule has 35 heavy (non-hydrogen) atoms. The van der Waals surface area contributed by atoms with Gasteiger partial charge in [-0.05, 0) is 74.8 Å². The maximum atomic E-state index is 13.0. The minimum atomic E-state index is -0.560. The van der Waals surface area contributed by atoms with Gasteiger partial charge < -0.3 is 4.74 Å². The molecule has 4 heterocycles. The Morgan fingerprint density at radius 3 is 2.40 bits per heavy atom. The minimum Gasteiger partial charge on any atom is -0.441 e. The number of hydrogen-bond donors (Lipinski definition) is 0. The Morgan fingerprint density at radius 1 is 0.914 bits per heavy atom. The van der Waals surface area contributed by atoms with Gasteiger partial charge in [-0.15, -0.1) is 0 Å². The predicted molar refractivity (Wildman–Crippen MR) is 133 cm³/mol. The van der Waals surface area contributed by atoms with Gasteiger partial charge in [-0.1, -0.05) is 30.3 Å². The summed E-state index contributed by atoms with van der Waals surface area (Å²) in [5, 5.41) is 0. The van der Waals surface area contributed by atoms with Crippen molar-refractivity contribution in [2.75, 3.05) is 0 Å². The van der Waals surface area contributed by atoms with Crippen LogP contribution in [-0.4, -0.2) is 42.2 Å². The standard InChI is InChI=1S/C28H29N5O2/c1-28(2)25(20-7-4-3-5-8-20)33(27(34)35-28)22-11-9-19(10-12-22)21-17-24-23(31-18-21)13-16-32(24)26-29-14-6-15-30-26/h3-8,13-19,22,25H,9-12H2,1-2H3/t19-,22-,25-/m0/s1. The van der Waals surface area contributed by atoms with E-state index < -0.39 is 5.60 Å². The summed E-state index contributed by atoms with van der Waals surface area (Å²) in [6.07, 6.45) is 11.2. The molecule has 1 saturated carbocycles. The number of fused-ring (bicyclic) bond motifs is 1. The number of pyridine rings is 1. The highest BCUT2D eigenvalue weighted by molar-refractivity contribution is 5.78. The number of cyclic esters (lactones) is 1. The molecule has 1 atom stereocenters. The first-order valence-corrected chi connectivity index (χ1v) is 12.3. The van der Waals surface area contributed by atoms with Crippen molar-refractivity contribution in [1.82, 2.24) is 24.4 Å². The van der Waals surface area contributed by atoms with E-state index in [1.807, 2.05) is 66.0 Å². The predicted octanol–water partition coefficient (Wildman–Crippen LogP) is 5.81. The normalized spacial score (nSPS) is 24.0. The van der Waals surface area contributed by atoms with Gasteiger partial charge in [0.15, 0.2) is 0 Å². The molecule has 7 heteroatoms. The second-order valence-electron chi connectivity index (χ2n) is 10.1. The lowest BCUT2D eigenvalue weighted by atomic mass is 9.80. The Hall–Kier alpha value is -3.74. The zero-order valence-corrected chi connectivity index (χ0v) is 20.0. The molecule has 6 rings (SSSR count). The Balaban J connectivity index is 1.23. The summed E-state index contributed by atoms with van der Waals surface area (Å²) in [4.78, 5) is 28.5. The smallest absolute Gasteiger partial charge is 0.411 e. The molecule has 178 valence electrons. The average molecular weight is 468 g/mol. The van der Waals surface area contributed by atoms with Crippen molar-refractivity contribution in [3.05, 3.63) is 84.4 Å². The Morgan fingerprint density at radius 2 is 1.66 bits per heavy atom. The maximum Gasteiger partial charge on any atom is 0.411 e. The van der Waals surface area contributed by atoms with E-state index in [-0.39, 0.29) is 18.2 Å². The van der Waals surface area contributed by atoms with Gasteiger partial charge >= 0.3 is 6.09 Å². The minimum absolute atomic E-state index is 0.0788. The third kappa shape index (κ3) is 3.85. The number of amides is 1. The number of benzene rings is 1. The monoisotopic (exact) mass is 467 g/mol. The van der Waals surface area contributed by atoms with Crippen molar-refractivity contribution < 1.29 is 9.53 Å². The number of nitrogens with zero attached hydrogens (tertiary/aromatic N) is 5. The molecule has 1 aliphatic heterocycles. The fourth-order valence-electron chi connectivity index (χ4n) is 5.86. The molecule has 1 amide bonds. The van der Waals surface area contributed by atoms with E-state index in [4.69, 9.17) is 9.72 Å². The van der Waals surface area contributed by atoms with Crippen LogP contribution in [0, 0.1) is 0 Å². The number of carbonyl (C=O) groups excluding carboxylic acids is 1. The second-order valence-corrected chi connectivity index (χ2v) is 10.1. The van der Waals surface area contributed by atoms with Crippen LogP contribution < -0.4 is 0 Å². The molecule has 1 aliphatic carbocycles. The Kier molecular flexibility index (Phi) is 5.28. The molecule has 0 spiro atoms. The molecule has 2 aliphatic rings. The molecule has 0 unspecified atom stereocenters. The van der Waals surface area contributed by atoms with E-state index in [1.54, 1.807) is 12.4 Å². The molecular weight excluding hydrogens is 438 g/mol.